The molecule has 0 amide bonds. The van der Waals surface area contributed by atoms with Crippen molar-refractivity contribution < 1.29 is 0 Å². The van der Waals surface area contributed by atoms with E-state index in [0.29, 0.717) is 5.82 Å². The molecule has 4 nitrogen and oxygen atoms in total. The third-order valence-electron chi connectivity index (χ3n) is 1.74. The summed E-state index contributed by atoms with van der Waals surface area (Å²) < 4.78 is 0. The van der Waals surface area contributed by atoms with Gasteiger partial charge in [0.15, 0.2) is 5.82 Å². The van der Waals surface area contributed by atoms with Gasteiger partial charge >= 0.3 is 0 Å². The number of aromatic amines is 1. The molecule has 68 valence electrons. The lowest BCUT2D eigenvalue weighted by molar-refractivity contribution is 0.802. The maximum absolute atomic E-state index is 5.94. The lowest BCUT2D eigenvalue weighted by Gasteiger charge is -2.02. The van der Waals surface area contributed by atoms with E-state index in [1.54, 1.807) is 11.3 Å². The predicted molar refractivity (Wildman–Crippen MR) is 51.5 cm³/mol. The van der Waals surface area contributed by atoms with Crippen LogP contribution < -0.4 is 5.73 Å². The number of aromatic nitrogens is 3. The van der Waals surface area contributed by atoms with Gasteiger partial charge in [-0.15, -0.1) is 11.3 Å². The molecule has 0 radical (unpaired) electrons. The monoisotopic (exact) mass is 194 g/mol. The van der Waals surface area contributed by atoms with Crippen LogP contribution in [0.5, 0.6) is 0 Å². The maximum atomic E-state index is 5.94. The van der Waals surface area contributed by atoms with Gasteiger partial charge in [0.25, 0.3) is 0 Å². The zero-order valence-electron chi connectivity index (χ0n) is 7.19. The summed E-state index contributed by atoms with van der Waals surface area (Å²) in [6, 6.07) is 3.75. The summed E-state index contributed by atoms with van der Waals surface area (Å²) in [5.41, 5.74) is 5.94. The van der Waals surface area contributed by atoms with Crippen LogP contribution in [-0.4, -0.2) is 15.2 Å². The molecule has 2 aromatic rings. The summed E-state index contributed by atoms with van der Waals surface area (Å²) >= 11 is 1.62. The number of nitrogens with two attached hydrogens (primary N) is 1. The molecule has 2 rings (SSSR count). The molecule has 1 atom stereocenters. The molecule has 0 aromatic carbocycles. The number of nitrogens with one attached hydrogen (secondary N) is 1. The first-order valence-electron chi connectivity index (χ1n) is 3.95. The van der Waals surface area contributed by atoms with Gasteiger partial charge in [0, 0.05) is 4.88 Å². The first-order chi connectivity index (χ1) is 6.27. The fourth-order valence-corrected chi connectivity index (χ4v) is 1.82. The van der Waals surface area contributed by atoms with Crippen molar-refractivity contribution >= 4 is 11.3 Å². The molecule has 5 heteroatoms. The normalized spacial score (nSPS) is 13.1. The van der Waals surface area contributed by atoms with E-state index in [0.717, 1.165) is 10.7 Å². The molecule has 0 saturated carbocycles. The van der Waals surface area contributed by atoms with E-state index in [9.17, 15) is 0 Å². The Balaban J connectivity index is 2.28. The SMILES string of the molecule is Cc1nc(C(N)c2cccs2)n[nH]1. The molecule has 0 spiro atoms. The summed E-state index contributed by atoms with van der Waals surface area (Å²) in [6.45, 7) is 1.86. The Hall–Kier alpha value is -1.20. The number of thiophene rings is 1. The van der Waals surface area contributed by atoms with Crippen LogP contribution >= 0.6 is 11.3 Å². The Bertz CT molecular complexity index is 379. The number of H-pyrrole nitrogens is 1. The Kier molecular flexibility index (Phi) is 2.12. The van der Waals surface area contributed by atoms with Gasteiger partial charge in [0.1, 0.15) is 11.9 Å². The van der Waals surface area contributed by atoms with Gasteiger partial charge in [-0.25, -0.2) is 4.98 Å². The summed E-state index contributed by atoms with van der Waals surface area (Å²) in [7, 11) is 0. The third-order valence-corrected chi connectivity index (χ3v) is 2.70. The van der Waals surface area contributed by atoms with Crippen molar-refractivity contribution in [2.75, 3.05) is 0 Å². The molecule has 13 heavy (non-hydrogen) atoms. The second-order valence-electron chi connectivity index (χ2n) is 2.77. The quantitative estimate of drug-likeness (QED) is 0.755. The van der Waals surface area contributed by atoms with Crippen LogP contribution in [0.3, 0.4) is 0 Å². The fourth-order valence-electron chi connectivity index (χ4n) is 1.09. The van der Waals surface area contributed by atoms with E-state index in [-0.39, 0.29) is 6.04 Å². The van der Waals surface area contributed by atoms with Crippen LogP contribution in [0.4, 0.5) is 0 Å². The van der Waals surface area contributed by atoms with E-state index < -0.39 is 0 Å². The standard InChI is InChI=1S/C8H10N4S/c1-5-10-8(12-11-5)7(9)6-3-2-4-13-6/h2-4,7H,9H2,1H3,(H,10,11,12). The summed E-state index contributed by atoms with van der Waals surface area (Å²) in [6.07, 6.45) is 0. The highest BCUT2D eigenvalue weighted by Crippen LogP contribution is 2.20. The Morgan fingerprint density at radius 1 is 1.62 bits per heavy atom. The highest BCUT2D eigenvalue weighted by molar-refractivity contribution is 7.10. The molecule has 0 saturated heterocycles. The van der Waals surface area contributed by atoms with Gasteiger partial charge in [-0.1, -0.05) is 6.07 Å². The summed E-state index contributed by atoms with van der Waals surface area (Å²) in [5, 5.41) is 8.79. The molecular formula is C8H10N4S. The number of hydrogen-bond acceptors (Lipinski definition) is 4. The molecule has 0 aliphatic rings. The van der Waals surface area contributed by atoms with Gasteiger partial charge in [-0.2, -0.15) is 5.10 Å². The number of hydrogen-bond donors (Lipinski definition) is 2. The van der Waals surface area contributed by atoms with E-state index in [1.807, 2.05) is 24.4 Å². The molecule has 0 bridgehead atoms. The molecule has 0 aliphatic heterocycles. The summed E-state index contributed by atoms with van der Waals surface area (Å²) in [4.78, 5) is 5.26. The highest BCUT2D eigenvalue weighted by atomic mass is 32.1. The Morgan fingerprint density at radius 2 is 2.46 bits per heavy atom. The minimum absolute atomic E-state index is 0.204. The lowest BCUT2D eigenvalue weighted by Crippen LogP contribution is -2.11. The molecule has 0 aliphatic carbocycles. The van der Waals surface area contributed by atoms with Gasteiger partial charge in [0.05, 0.1) is 0 Å². The molecule has 3 N–H and O–H groups in total. The maximum Gasteiger partial charge on any atom is 0.172 e. The van der Waals surface area contributed by atoms with E-state index in [4.69, 9.17) is 5.73 Å². The topological polar surface area (TPSA) is 67.6 Å². The van der Waals surface area contributed by atoms with Crippen molar-refractivity contribution in [2.24, 2.45) is 5.73 Å². The second kappa shape index (κ2) is 3.27. The second-order valence-corrected chi connectivity index (χ2v) is 3.75. The Labute approximate surface area is 79.8 Å². The van der Waals surface area contributed by atoms with E-state index >= 15 is 0 Å². The van der Waals surface area contributed by atoms with Gasteiger partial charge in [-0.3, -0.25) is 5.10 Å². The van der Waals surface area contributed by atoms with Crippen LogP contribution in [0, 0.1) is 6.92 Å². The molecule has 0 fully saturated rings. The number of aryl methyl sites for hydroxylation is 1. The molecular weight excluding hydrogens is 184 g/mol. The first kappa shape index (κ1) is 8.40. The van der Waals surface area contributed by atoms with Crippen molar-refractivity contribution in [3.63, 3.8) is 0 Å². The largest absolute Gasteiger partial charge is 0.317 e. The van der Waals surface area contributed by atoms with Gasteiger partial charge in [0.2, 0.25) is 0 Å². The zero-order chi connectivity index (χ0) is 9.26. The number of rotatable bonds is 2. The van der Waals surface area contributed by atoms with Crippen molar-refractivity contribution in [1.82, 2.24) is 15.2 Å². The average Bonchev–Trinajstić information content (AvgIpc) is 2.72. The molecule has 2 heterocycles. The number of nitrogens with zero attached hydrogens (tertiary/aromatic N) is 2. The fraction of sp³-hybridized carbons (Fsp3) is 0.250. The predicted octanol–water partition coefficient (Wildman–Crippen LogP) is 1.22. The van der Waals surface area contributed by atoms with E-state index in [1.165, 1.54) is 0 Å². The summed E-state index contributed by atoms with van der Waals surface area (Å²) in [5.74, 6) is 1.45. The van der Waals surface area contributed by atoms with Gasteiger partial charge < -0.3 is 5.73 Å². The highest BCUT2D eigenvalue weighted by Gasteiger charge is 2.13. The molecule has 2 aromatic heterocycles. The average molecular weight is 194 g/mol. The van der Waals surface area contributed by atoms with Crippen molar-refractivity contribution in [1.29, 1.82) is 0 Å². The minimum atomic E-state index is -0.204. The van der Waals surface area contributed by atoms with E-state index in [2.05, 4.69) is 15.2 Å². The third kappa shape index (κ3) is 1.61. The lowest BCUT2D eigenvalue weighted by atomic mass is 10.2. The smallest absolute Gasteiger partial charge is 0.172 e. The van der Waals surface area contributed by atoms with Crippen LogP contribution in [0.25, 0.3) is 0 Å². The van der Waals surface area contributed by atoms with Gasteiger partial charge in [-0.05, 0) is 18.4 Å². The minimum Gasteiger partial charge on any atom is -0.317 e. The first-order valence-corrected chi connectivity index (χ1v) is 4.83. The van der Waals surface area contributed by atoms with Crippen LogP contribution in [-0.2, 0) is 0 Å². The Morgan fingerprint density at radius 3 is 3.00 bits per heavy atom. The zero-order valence-corrected chi connectivity index (χ0v) is 8.01. The van der Waals surface area contributed by atoms with Crippen LogP contribution in [0.15, 0.2) is 17.5 Å². The van der Waals surface area contributed by atoms with Crippen molar-refractivity contribution in [3.05, 3.63) is 34.0 Å². The van der Waals surface area contributed by atoms with Crippen LogP contribution in [0.1, 0.15) is 22.6 Å². The van der Waals surface area contributed by atoms with Crippen molar-refractivity contribution in [3.8, 4) is 0 Å². The van der Waals surface area contributed by atoms with Crippen molar-refractivity contribution in [2.45, 2.75) is 13.0 Å². The van der Waals surface area contributed by atoms with Crippen LogP contribution in [0.2, 0.25) is 0 Å². The molecule has 1 unspecified atom stereocenters.